The van der Waals surface area contributed by atoms with Crippen LogP contribution in [0, 0.1) is 20.2 Å². The number of esters is 1. The predicted octanol–water partition coefficient (Wildman–Crippen LogP) is 1.59. The van der Waals surface area contributed by atoms with E-state index in [2.05, 4.69) is 4.74 Å². The third kappa shape index (κ3) is 3.55. The highest BCUT2D eigenvalue weighted by atomic mass is 19.1. The molecule has 0 saturated heterocycles. The Kier molecular flexibility index (Phi) is 5.00. The Balaban J connectivity index is 3.17. The molecule has 10 heteroatoms. The number of halogens is 1. The molecule has 0 aliphatic carbocycles. The first kappa shape index (κ1) is 16.1. The minimum Gasteiger partial charge on any atom is -0.463 e. The van der Waals surface area contributed by atoms with Crippen LogP contribution in [-0.2, 0) is 9.53 Å². The number of carbonyl (C=O) groups is 2. The van der Waals surface area contributed by atoms with E-state index >= 15 is 0 Å². The lowest BCUT2D eigenvalue weighted by Gasteiger charge is -2.06. The quantitative estimate of drug-likeness (QED) is 0.256. The normalized spacial score (nSPS) is 11.5. The minimum absolute atomic E-state index is 0.146. The summed E-state index contributed by atoms with van der Waals surface area (Å²) in [6, 6.07) is 2.08. The number of benzene rings is 1. The van der Waals surface area contributed by atoms with E-state index in [9.17, 15) is 34.2 Å². The van der Waals surface area contributed by atoms with E-state index in [1.165, 1.54) is 6.92 Å². The smallest absolute Gasteiger partial charge is 0.348 e. The highest BCUT2D eigenvalue weighted by Gasteiger charge is 2.32. The molecule has 1 aromatic rings. The first-order valence-corrected chi connectivity index (χ1v) is 5.57. The lowest BCUT2D eigenvalue weighted by molar-refractivity contribution is -0.422. The van der Waals surface area contributed by atoms with Crippen LogP contribution in [0.4, 0.5) is 15.8 Å². The fraction of sp³-hybridized carbons (Fsp3) is 0.273. The Morgan fingerprint density at radius 1 is 1.24 bits per heavy atom. The summed E-state index contributed by atoms with van der Waals surface area (Å²) in [7, 11) is 0. The van der Waals surface area contributed by atoms with E-state index < -0.39 is 44.7 Å². The van der Waals surface area contributed by atoms with Gasteiger partial charge in [0.25, 0.3) is 6.17 Å². The summed E-state index contributed by atoms with van der Waals surface area (Å²) in [4.78, 5) is 42.0. The minimum atomic E-state index is -2.65. The van der Waals surface area contributed by atoms with Crippen LogP contribution in [0.3, 0.4) is 0 Å². The van der Waals surface area contributed by atoms with E-state index in [4.69, 9.17) is 0 Å². The average molecular weight is 300 g/mol. The number of nitrogens with zero attached hydrogens (tertiary/aromatic N) is 2. The first-order valence-electron chi connectivity index (χ1n) is 5.57. The van der Waals surface area contributed by atoms with E-state index in [-0.39, 0.29) is 6.61 Å². The molecule has 0 fully saturated rings. The summed E-state index contributed by atoms with van der Waals surface area (Å²) < 4.78 is 17.8. The Hall–Kier alpha value is -2.91. The SMILES string of the molecule is CCOC(=O)C(F)C(=O)c1ccc([N+](=O)[O-])c([N+](=O)[O-])c1. The molecule has 1 atom stereocenters. The monoisotopic (exact) mass is 300 g/mol. The predicted molar refractivity (Wildman–Crippen MR) is 65.6 cm³/mol. The number of alkyl halides is 1. The van der Waals surface area contributed by atoms with Crippen molar-refractivity contribution in [3.05, 3.63) is 44.0 Å². The average Bonchev–Trinajstić information content (AvgIpc) is 2.45. The van der Waals surface area contributed by atoms with Crippen LogP contribution in [0.2, 0.25) is 0 Å². The van der Waals surface area contributed by atoms with Gasteiger partial charge in [-0.15, -0.1) is 0 Å². The number of hydrogen-bond acceptors (Lipinski definition) is 7. The zero-order chi connectivity index (χ0) is 16.2. The maximum atomic E-state index is 13.5. The van der Waals surface area contributed by atoms with Gasteiger partial charge in [0.05, 0.1) is 16.5 Å². The lowest BCUT2D eigenvalue weighted by Crippen LogP contribution is -2.28. The first-order chi connectivity index (χ1) is 9.79. The molecule has 0 radical (unpaired) electrons. The van der Waals surface area contributed by atoms with Crippen LogP contribution < -0.4 is 0 Å². The van der Waals surface area contributed by atoms with Gasteiger partial charge < -0.3 is 4.74 Å². The second kappa shape index (κ2) is 6.50. The van der Waals surface area contributed by atoms with Crippen molar-refractivity contribution in [2.75, 3.05) is 6.61 Å². The molecule has 0 saturated carbocycles. The largest absolute Gasteiger partial charge is 0.463 e. The second-order valence-corrected chi connectivity index (χ2v) is 3.70. The molecule has 0 heterocycles. The molecule has 21 heavy (non-hydrogen) atoms. The molecule has 0 N–H and O–H groups in total. The van der Waals surface area contributed by atoms with Gasteiger partial charge in [-0.3, -0.25) is 25.0 Å². The molecule has 1 aromatic carbocycles. The maximum absolute atomic E-state index is 13.5. The van der Waals surface area contributed by atoms with E-state index in [1.807, 2.05) is 0 Å². The molecule has 0 aromatic heterocycles. The molecule has 0 aliphatic heterocycles. The Labute approximate surface area is 116 Å². The molecule has 9 nitrogen and oxygen atoms in total. The van der Waals surface area contributed by atoms with Gasteiger partial charge in [0.2, 0.25) is 5.78 Å². The van der Waals surface area contributed by atoms with Crippen molar-refractivity contribution in [1.29, 1.82) is 0 Å². The molecule has 1 unspecified atom stereocenters. The van der Waals surface area contributed by atoms with E-state index in [0.29, 0.717) is 12.1 Å². The fourth-order valence-corrected chi connectivity index (χ4v) is 1.45. The Morgan fingerprint density at radius 3 is 2.29 bits per heavy atom. The van der Waals surface area contributed by atoms with Gasteiger partial charge in [-0.1, -0.05) is 0 Å². The van der Waals surface area contributed by atoms with Crippen LogP contribution in [0.25, 0.3) is 0 Å². The number of rotatable bonds is 6. The molecule has 0 bridgehead atoms. The third-order valence-electron chi connectivity index (χ3n) is 2.38. The van der Waals surface area contributed by atoms with Crippen LogP contribution in [-0.4, -0.2) is 34.4 Å². The number of ketones is 1. The summed E-state index contributed by atoms with van der Waals surface area (Å²) in [6.07, 6.45) is -2.65. The number of nitro groups is 2. The molecular formula is C11H9FN2O7. The Morgan fingerprint density at radius 2 is 1.81 bits per heavy atom. The number of nitro benzene ring substituents is 2. The number of hydrogen-bond donors (Lipinski definition) is 0. The van der Waals surface area contributed by atoms with Gasteiger partial charge >= 0.3 is 17.3 Å². The van der Waals surface area contributed by atoms with Crippen molar-refractivity contribution < 1.29 is 28.6 Å². The van der Waals surface area contributed by atoms with Crippen molar-refractivity contribution in [3.63, 3.8) is 0 Å². The molecular weight excluding hydrogens is 291 g/mol. The summed E-state index contributed by atoms with van der Waals surface area (Å²) in [5.41, 5.74) is -2.35. The molecule has 0 aliphatic rings. The Bertz CT molecular complexity index is 617. The fourth-order valence-electron chi connectivity index (χ4n) is 1.45. The molecule has 112 valence electrons. The van der Waals surface area contributed by atoms with Gasteiger partial charge in [-0.2, -0.15) is 0 Å². The van der Waals surface area contributed by atoms with Gasteiger partial charge in [-0.05, 0) is 13.0 Å². The molecule has 1 rings (SSSR count). The summed E-state index contributed by atoms with van der Waals surface area (Å²) in [5, 5.41) is 21.3. The van der Waals surface area contributed by atoms with Crippen molar-refractivity contribution in [2.24, 2.45) is 0 Å². The van der Waals surface area contributed by atoms with Crippen LogP contribution in [0.15, 0.2) is 18.2 Å². The van der Waals surface area contributed by atoms with Crippen molar-refractivity contribution >= 4 is 23.1 Å². The van der Waals surface area contributed by atoms with Crippen molar-refractivity contribution in [3.8, 4) is 0 Å². The number of ether oxygens (including phenoxy) is 1. The summed E-state index contributed by atoms with van der Waals surface area (Å²) in [5.74, 6) is -2.80. The highest BCUT2D eigenvalue weighted by Crippen LogP contribution is 2.28. The van der Waals surface area contributed by atoms with Crippen molar-refractivity contribution in [2.45, 2.75) is 13.1 Å². The van der Waals surface area contributed by atoms with Crippen LogP contribution in [0.5, 0.6) is 0 Å². The van der Waals surface area contributed by atoms with Gasteiger partial charge in [0.15, 0.2) is 0 Å². The molecule has 0 amide bonds. The van der Waals surface area contributed by atoms with Gasteiger partial charge in [-0.25, -0.2) is 9.18 Å². The maximum Gasteiger partial charge on any atom is 0.348 e. The number of Topliss-reactive ketones (excluding diaryl/α,β-unsaturated/α-hetero) is 1. The molecule has 0 spiro atoms. The van der Waals surface area contributed by atoms with Gasteiger partial charge in [0.1, 0.15) is 0 Å². The van der Waals surface area contributed by atoms with E-state index in [1.54, 1.807) is 0 Å². The number of carbonyl (C=O) groups excluding carboxylic acids is 2. The lowest BCUT2D eigenvalue weighted by atomic mass is 10.1. The zero-order valence-electron chi connectivity index (χ0n) is 10.6. The van der Waals surface area contributed by atoms with Crippen molar-refractivity contribution in [1.82, 2.24) is 0 Å². The van der Waals surface area contributed by atoms with Crippen LogP contribution in [0.1, 0.15) is 17.3 Å². The topological polar surface area (TPSA) is 130 Å². The van der Waals surface area contributed by atoms with Gasteiger partial charge in [0, 0.05) is 17.7 Å². The second-order valence-electron chi connectivity index (χ2n) is 3.70. The van der Waals surface area contributed by atoms with Crippen LogP contribution >= 0.6 is 0 Å². The standard InChI is InChI=1S/C11H9FN2O7/c1-2-21-11(16)9(12)10(15)6-3-4-7(13(17)18)8(5-6)14(19)20/h3-5,9H,2H2,1H3. The van der Waals surface area contributed by atoms with E-state index in [0.717, 1.165) is 6.07 Å². The third-order valence-corrected chi connectivity index (χ3v) is 2.38. The highest BCUT2D eigenvalue weighted by molar-refractivity contribution is 6.11. The zero-order valence-corrected chi connectivity index (χ0v) is 10.6. The summed E-state index contributed by atoms with van der Waals surface area (Å²) in [6.45, 7) is 1.26. The summed E-state index contributed by atoms with van der Waals surface area (Å²) >= 11 is 0.